The van der Waals surface area contributed by atoms with Crippen molar-refractivity contribution >= 4 is 64.5 Å². The summed E-state index contributed by atoms with van der Waals surface area (Å²) >= 11 is 6.43. The number of amides is 1. The zero-order chi connectivity index (χ0) is 30.1. The molecule has 2 aromatic carbocycles. The van der Waals surface area contributed by atoms with Crippen molar-refractivity contribution in [2.24, 2.45) is 5.41 Å². The molecular formula is C31H39ClN7O2P. The summed E-state index contributed by atoms with van der Waals surface area (Å²) in [7, 11) is 1.80. The minimum atomic E-state index is -2.54. The molecule has 1 aliphatic carbocycles. The molecule has 42 heavy (non-hydrogen) atoms. The normalized spacial score (nSPS) is 16.7. The van der Waals surface area contributed by atoms with Crippen LogP contribution in [0.3, 0.4) is 0 Å². The zero-order valence-electron chi connectivity index (χ0n) is 24.7. The van der Waals surface area contributed by atoms with Gasteiger partial charge in [0.15, 0.2) is 5.82 Å². The van der Waals surface area contributed by atoms with Gasteiger partial charge in [-0.15, -0.1) is 0 Å². The Morgan fingerprint density at radius 1 is 1.12 bits per heavy atom. The molecule has 0 unspecified atom stereocenters. The van der Waals surface area contributed by atoms with E-state index in [-0.39, 0.29) is 5.91 Å². The number of anilines is 6. The van der Waals surface area contributed by atoms with Crippen LogP contribution in [0.25, 0.3) is 0 Å². The molecule has 1 saturated heterocycles. The second-order valence-corrected chi connectivity index (χ2v) is 15.6. The Morgan fingerprint density at radius 3 is 2.50 bits per heavy atom. The Labute approximate surface area is 253 Å². The van der Waals surface area contributed by atoms with E-state index in [0.29, 0.717) is 50.6 Å². The molecule has 1 amide bonds. The minimum Gasteiger partial charge on any atom is -0.369 e. The van der Waals surface area contributed by atoms with Crippen LogP contribution in [0.15, 0.2) is 61.3 Å². The fraction of sp³-hybridized carbons (Fsp3) is 0.387. The van der Waals surface area contributed by atoms with E-state index in [1.807, 2.05) is 42.5 Å². The third kappa shape index (κ3) is 6.64. The van der Waals surface area contributed by atoms with E-state index in [0.717, 1.165) is 18.8 Å². The molecule has 1 aromatic heterocycles. The molecule has 0 bridgehead atoms. The number of carbonyl (C=O) groups is 1. The first kappa shape index (κ1) is 30.1. The number of nitrogens with zero attached hydrogens (tertiary/aromatic N) is 4. The van der Waals surface area contributed by atoms with Gasteiger partial charge in [0.1, 0.15) is 12.2 Å². The van der Waals surface area contributed by atoms with E-state index >= 15 is 0 Å². The molecule has 2 aliphatic rings. The van der Waals surface area contributed by atoms with E-state index in [2.05, 4.69) is 56.4 Å². The Hall–Kier alpha value is -3.39. The second kappa shape index (κ2) is 12.1. The van der Waals surface area contributed by atoms with Gasteiger partial charge >= 0.3 is 0 Å². The highest BCUT2D eigenvalue weighted by atomic mass is 35.5. The fourth-order valence-corrected chi connectivity index (χ4v) is 7.27. The maximum Gasteiger partial charge on any atom is 0.247 e. The Morgan fingerprint density at radius 2 is 1.83 bits per heavy atom. The lowest BCUT2D eigenvalue weighted by molar-refractivity contribution is -0.111. The highest BCUT2D eigenvalue weighted by Crippen LogP contribution is 2.48. The molecular weight excluding hydrogens is 569 g/mol. The first-order valence-corrected chi connectivity index (χ1v) is 17.1. The standard InChI is InChI=1S/C31H39ClN7O2P/c1-6-28(40)35-25-17-21(11-12-26(25)39-19-31(20-39)15-13-22(14-16-31)38(2)3)34-30-33-18-23(32)29(37-30)36-24-9-7-8-10-27(24)42(4,5)41/h6-12,17-18,22H,1,13-16,19-20H2,2-5H3,(H,35,40)(H2,33,34,36,37). The number of hydrogen-bond acceptors (Lipinski definition) is 8. The minimum absolute atomic E-state index is 0.271. The highest BCUT2D eigenvalue weighted by Gasteiger charge is 2.46. The van der Waals surface area contributed by atoms with Crippen molar-refractivity contribution < 1.29 is 9.36 Å². The molecule has 2 heterocycles. The summed E-state index contributed by atoms with van der Waals surface area (Å²) in [5.41, 5.74) is 3.42. The third-order valence-corrected chi connectivity index (χ3v) is 10.1. The first-order chi connectivity index (χ1) is 20.0. The molecule has 11 heteroatoms. The summed E-state index contributed by atoms with van der Waals surface area (Å²) in [4.78, 5) is 26.0. The second-order valence-electron chi connectivity index (χ2n) is 12.0. The molecule has 0 atom stereocenters. The van der Waals surface area contributed by atoms with Crippen LogP contribution < -0.4 is 26.2 Å². The molecule has 3 aromatic rings. The van der Waals surface area contributed by atoms with Gasteiger partial charge in [-0.2, -0.15) is 4.98 Å². The Bertz CT molecular complexity index is 1520. The smallest absolute Gasteiger partial charge is 0.247 e. The summed E-state index contributed by atoms with van der Waals surface area (Å²) in [5.74, 6) is 0.443. The van der Waals surface area contributed by atoms with Crippen molar-refractivity contribution in [2.75, 3.05) is 61.4 Å². The summed E-state index contributed by atoms with van der Waals surface area (Å²) in [6.07, 6.45) is 7.69. The van der Waals surface area contributed by atoms with Gasteiger partial charge in [0.05, 0.1) is 23.3 Å². The number of halogens is 1. The maximum absolute atomic E-state index is 12.8. The van der Waals surface area contributed by atoms with Crippen LogP contribution in [0, 0.1) is 5.41 Å². The van der Waals surface area contributed by atoms with E-state index in [9.17, 15) is 9.36 Å². The van der Waals surface area contributed by atoms with Crippen molar-refractivity contribution in [1.82, 2.24) is 14.9 Å². The summed E-state index contributed by atoms with van der Waals surface area (Å²) in [6.45, 7) is 9.03. The molecule has 5 rings (SSSR count). The lowest BCUT2D eigenvalue weighted by atomic mass is 9.67. The lowest BCUT2D eigenvalue weighted by Gasteiger charge is -2.55. The maximum atomic E-state index is 12.8. The van der Waals surface area contributed by atoms with E-state index < -0.39 is 7.14 Å². The quantitative estimate of drug-likeness (QED) is 0.192. The van der Waals surface area contributed by atoms with Crippen molar-refractivity contribution in [1.29, 1.82) is 0 Å². The van der Waals surface area contributed by atoms with Gasteiger partial charge in [0.25, 0.3) is 0 Å². The first-order valence-electron chi connectivity index (χ1n) is 14.2. The van der Waals surface area contributed by atoms with E-state index in [4.69, 9.17) is 11.6 Å². The van der Waals surface area contributed by atoms with Crippen molar-refractivity contribution in [2.45, 2.75) is 31.7 Å². The molecule has 0 radical (unpaired) electrons. The number of rotatable bonds is 9. The molecule has 1 aliphatic heterocycles. The van der Waals surface area contributed by atoms with Crippen LogP contribution in [0.1, 0.15) is 25.7 Å². The van der Waals surface area contributed by atoms with E-state index in [1.54, 1.807) is 13.3 Å². The average Bonchev–Trinajstić information content (AvgIpc) is 2.93. The van der Waals surface area contributed by atoms with Crippen LogP contribution in [-0.4, -0.2) is 67.3 Å². The fourth-order valence-electron chi connectivity index (χ4n) is 5.98. The number of hydrogen-bond donors (Lipinski definition) is 3. The van der Waals surface area contributed by atoms with Crippen molar-refractivity contribution in [3.63, 3.8) is 0 Å². The van der Waals surface area contributed by atoms with Crippen LogP contribution in [0.4, 0.5) is 34.5 Å². The third-order valence-electron chi connectivity index (χ3n) is 8.32. The van der Waals surface area contributed by atoms with Gasteiger partial charge in [-0.3, -0.25) is 4.79 Å². The van der Waals surface area contributed by atoms with Gasteiger partial charge in [-0.1, -0.05) is 30.3 Å². The zero-order valence-corrected chi connectivity index (χ0v) is 26.3. The Balaban J connectivity index is 1.34. The van der Waals surface area contributed by atoms with Gasteiger partial charge in [-0.05, 0) is 89.5 Å². The van der Waals surface area contributed by atoms with Crippen LogP contribution in [0.5, 0.6) is 0 Å². The van der Waals surface area contributed by atoms with Crippen molar-refractivity contribution in [3.05, 3.63) is 66.3 Å². The number of carbonyl (C=O) groups excluding carboxylic acids is 1. The predicted molar refractivity (Wildman–Crippen MR) is 175 cm³/mol. The van der Waals surface area contributed by atoms with E-state index in [1.165, 1.54) is 38.0 Å². The monoisotopic (exact) mass is 607 g/mol. The molecule has 2 fully saturated rings. The molecule has 1 saturated carbocycles. The summed E-state index contributed by atoms with van der Waals surface area (Å²) in [5, 5.41) is 10.5. The number of para-hydroxylation sites is 1. The number of benzene rings is 2. The average molecular weight is 608 g/mol. The van der Waals surface area contributed by atoms with Gasteiger partial charge < -0.3 is 30.3 Å². The molecule has 222 valence electrons. The topological polar surface area (TPSA) is 102 Å². The van der Waals surface area contributed by atoms with Gasteiger partial charge in [0, 0.05) is 35.5 Å². The SMILES string of the molecule is C=CC(=O)Nc1cc(Nc2ncc(Cl)c(Nc3ccccc3P(C)(C)=O)n2)ccc1N1CC2(CCC(N(C)C)CC2)C1. The summed E-state index contributed by atoms with van der Waals surface area (Å²) in [6, 6.07) is 13.9. The van der Waals surface area contributed by atoms with Crippen molar-refractivity contribution in [3.8, 4) is 0 Å². The summed E-state index contributed by atoms with van der Waals surface area (Å²) < 4.78 is 12.8. The largest absolute Gasteiger partial charge is 0.369 e. The highest BCUT2D eigenvalue weighted by molar-refractivity contribution is 7.70. The van der Waals surface area contributed by atoms with Gasteiger partial charge in [0.2, 0.25) is 11.9 Å². The Kier molecular flexibility index (Phi) is 8.65. The van der Waals surface area contributed by atoms with Crippen LogP contribution >= 0.6 is 18.7 Å². The predicted octanol–water partition coefficient (Wildman–Crippen LogP) is 6.30. The van der Waals surface area contributed by atoms with Crippen LogP contribution in [-0.2, 0) is 9.36 Å². The lowest BCUT2D eigenvalue weighted by Crippen LogP contribution is -2.59. The van der Waals surface area contributed by atoms with Crippen LogP contribution in [0.2, 0.25) is 5.02 Å². The molecule has 3 N–H and O–H groups in total. The molecule has 9 nitrogen and oxygen atoms in total. The number of aromatic nitrogens is 2. The van der Waals surface area contributed by atoms with Gasteiger partial charge in [-0.25, -0.2) is 4.98 Å². The number of nitrogens with one attached hydrogen (secondary N) is 3. The molecule has 1 spiro atoms.